The number of nitrogens with zero attached hydrogens (tertiary/aromatic N) is 8. The van der Waals surface area contributed by atoms with Crippen molar-refractivity contribution in [2.45, 2.75) is 156 Å². The fourth-order valence-electron chi connectivity index (χ4n) is 16.7. The number of thiazole rings is 1. The molecule has 0 saturated carbocycles. The Morgan fingerprint density at radius 1 is 0.776 bits per heavy atom. The van der Waals surface area contributed by atoms with Gasteiger partial charge in [-0.3, -0.25) is 38.7 Å². The molecule has 0 radical (unpaired) electrons. The molecule has 628 valence electrons. The molecule has 6 aliphatic rings. The predicted molar refractivity (Wildman–Crippen MR) is 449 cm³/mol. The van der Waals surface area contributed by atoms with Crippen molar-refractivity contribution in [3.8, 4) is 10.4 Å². The van der Waals surface area contributed by atoms with Crippen LogP contribution >= 0.6 is 34.7 Å². The molecule has 0 spiro atoms. The van der Waals surface area contributed by atoms with Gasteiger partial charge in [-0.15, -0.1) is 23.1 Å². The monoisotopic (exact) mass is 1690 g/mol. The molecule has 12 rings (SSSR count). The normalized spacial score (nSPS) is 21.0. The Morgan fingerprint density at radius 2 is 1.45 bits per heavy atom. The van der Waals surface area contributed by atoms with Crippen LogP contribution in [0.2, 0.25) is 5.02 Å². The highest BCUT2D eigenvalue weighted by molar-refractivity contribution is 7.99. The van der Waals surface area contributed by atoms with Crippen LogP contribution in [0, 0.1) is 23.7 Å². The number of benzene rings is 5. The minimum absolute atomic E-state index is 0.00465. The number of aliphatic hydroxyl groups excluding tert-OH is 1. The SMILES string of the molecule is Cc1ncsc1-c1ccc([C@H](C)NC(=O)[C@@H]2C[C@@H](O)CN2C(=O)[C@@H](NC(=O)CCCC(=O)N2CCN(CC3CCN(CC4(C)CCC(c5ccc(Cl)cc5)=C(CN5CCN(c6ccc(C(=O)NS(=O)(=O)c7ccc(N[C@H](CCN8CCOCC8)CSc8ccccc8)c(S(=O)(=O)C(F)(F)F)c7)cc6)CC5)C4)CC3)CC2)C(C)(C)C)cc1. The van der Waals surface area contributed by atoms with Gasteiger partial charge in [-0.2, -0.15) is 13.2 Å². The van der Waals surface area contributed by atoms with Crippen LogP contribution in [0.5, 0.6) is 0 Å². The average molecular weight is 1700 g/mol. The molecule has 5 amide bonds. The summed E-state index contributed by atoms with van der Waals surface area (Å²) in [5, 5.41) is 20.5. The van der Waals surface area contributed by atoms with Gasteiger partial charge in [0.2, 0.25) is 23.6 Å². The van der Waals surface area contributed by atoms with E-state index in [0.717, 1.165) is 135 Å². The summed E-state index contributed by atoms with van der Waals surface area (Å²) in [5.41, 5.74) is 2.56. The van der Waals surface area contributed by atoms with E-state index in [1.807, 2.05) is 116 Å². The number of piperazine rings is 2. The lowest BCUT2D eigenvalue weighted by Crippen LogP contribution is -2.57. The molecular weight excluding hydrogens is 1590 g/mol. The molecule has 5 fully saturated rings. The number of aromatic nitrogens is 1. The Labute approximate surface area is 693 Å². The van der Waals surface area contributed by atoms with Crippen molar-refractivity contribution >= 4 is 101 Å². The summed E-state index contributed by atoms with van der Waals surface area (Å²) in [6.07, 6.45) is 5.28. The standard InChI is InChI=1S/C85H110ClF3N12O11S4/c1-58(61-15-17-63(18-16-61)78-59(2)90-57-114-78)91-81(106)74-49-69(102)54-101(74)82(107)79(83(3,4)5)93-76(103)13-10-14-77(104)100-43-39-96(40-44-100)52-60-30-34-98(35-31-60)56-84(6)33-29-72(62-19-23-66(86)24-20-62)65(51-84)53-97-37-41-99(42-38-97)68-25-21-64(22-26-68)80(105)94-116(110,111)71-27-28-73(75(50-71)115(108,109)85(87,88)89)92-67(32-36-95-45-47-112-48-46-95)55-113-70-11-8-7-9-12-70/h7-9,11-12,15-28,50,57-58,60,67,69,74,79,92,102H,10,13-14,29-49,51-56H2,1-6H3,(H,91,106)(H,93,103)(H,94,105)/t58-,67+,69+,74-,79+,84?/m0/s1. The number of morpholine rings is 1. The summed E-state index contributed by atoms with van der Waals surface area (Å²) < 4.78 is 105. The van der Waals surface area contributed by atoms with E-state index in [1.165, 1.54) is 45.5 Å². The number of β-amino-alcohol motifs (C(OH)–C–C–N with tert-alkyl or cyclic N) is 1. The lowest BCUT2D eigenvalue weighted by Gasteiger charge is -2.44. The molecule has 5 aliphatic heterocycles. The van der Waals surface area contributed by atoms with E-state index in [4.69, 9.17) is 16.3 Å². The zero-order chi connectivity index (χ0) is 82.7. The predicted octanol–water partition coefficient (Wildman–Crippen LogP) is 11.6. The van der Waals surface area contributed by atoms with Crippen LogP contribution in [0.1, 0.15) is 132 Å². The first kappa shape index (κ1) is 87.8. The fourth-order valence-corrected chi connectivity index (χ4v) is 20.7. The zero-order valence-corrected chi connectivity index (χ0v) is 71.1. The molecule has 0 bridgehead atoms. The van der Waals surface area contributed by atoms with Gasteiger partial charge in [0.15, 0.2) is 0 Å². The first-order valence-corrected chi connectivity index (χ1v) is 45.6. The molecule has 5 aromatic carbocycles. The van der Waals surface area contributed by atoms with Gasteiger partial charge < -0.3 is 45.4 Å². The van der Waals surface area contributed by atoms with Crippen LogP contribution in [0.3, 0.4) is 0 Å². The molecular formula is C85H110ClF3N12O11S4. The number of sulfone groups is 1. The molecule has 23 nitrogen and oxygen atoms in total. The van der Waals surface area contributed by atoms with Crippen LogP contribution in [0.15, 0.2) is 147 Å². The molecule has 1 unspecified atom stereocenters. The van der Waals surface area contributed by atoms with Gasteiger partial charge >= 0.3 is 5.51 Å². The number of halogens is 4. The number of anilines is 2. The van der Waals surface area contributed by atoms with Crippen molar-refractivity contribution in [3.05, 3.63) is 160 Å². The van der Waals surface area contributed by atoms with Crippen molar-refractivity contribution in [1.29, 1.82) is 0 Å². The van der Waals surface area contributed by atoms with Crippen molar-refractivity contribution in [2.24, 2.45) is 16.7 Å². The number of piperidine rings is 1. The van der Waals surface area contributed by atoms with E-state index < -0.39 is 82.3 Å². The first-order valence-electron chi connectivity index (χ1n) is 40.4. The number of carbonyl (C=O) groups is 5. The van der Waals surface area contributed by atoms with E-state index in [1.54, 1.807) is 23.5 Å². The number of ether oxygens (including phenoxy) is 1. The number of carbonyl (C=O) groups excluding carboxylic acids is 5. The van der Waals surface area contributed by atoms with E-state index >= 15 is 0 Å². The average Bonchev–Trinajstić information content (AvgIpc) is 0.915. The Kier molecular flexibility index (Phi) is 29.3. The molecule has 1 aromatic heterocycles. The molecule has 6 atom stereocenters. The quantitative estimate of drug-likeness (QED) is 0.0262. The number of aryl methyl sites for hydroxylation is 1. The van der Waals surface area contributed by atoms with Crippen LogP contribution in [0.25, 0.3) is 16.0 Å². The van der Waals surface area contributed by atoms with Crippen LogP contribution in [-0.2, 0) is 43.8 Å². The maximum atomic E-state index is 14.4. The Morgan fingerprint density at radius 3 is 2.10 bits per heavy atom. The highest BCUT2D eigenvalue weighted by Gasteiger charge is 2.49. The number of likely N-dealkylation sites (tertiary alicyclic amines) is 2. The smallest absolute Gasteiger partial charge is 0.391 e. The van der Waals surface area contributed by atoms with Gasteiger partial charge in [0.25, 0.3) is 25.8 Å². The molecule has 6 aromatic rings. The Bertz CT molecular complexity index is 4650. The molecule has 6 heterocycles. The van der Waals surface area contributed by atoms with Gasteiger partial charge in [0.05, 0.1) is 52.0 Å². The third-order valence-corrected chi connectivity index (χ3v) is 28.7. The largest absolute Gasteiger partial charge is 0.501 e. The van der Waals surface area contributed by atoms with E-state index in [2.05, 4.69) is 64.5 Å². The number of alkyl halides is 3. The van der Waals surface area contributed by atoms with Gasteiger partial charge in [-0.1, -0.05) is 99.5 Å². The molecule has 5 saturated heterocycles. The lowest BCUT2D eigenvalue weighted by molar-refractivity contribution is -0.144. The van der Waals surface area contributed by atoms with Gasteiger partial charge in [-0.25, -0.2) is 26.5 Å². The van der Waals surface area contributed by atoms with Crippen LogP contribution < -0.4 is 25.6 Å². The maximum Gasteiger partial charge on any atom is 0.501 e. The number of allylic oxidation sites excluding steroid dienone is 1. The fraction of sp³-hybridized carbons (Fsp3) is 0.529. The number of nitrogens with one attached hydrogen (secondary N) is 4. The Balaban J connectivity index is 0.577. The zero-order valence-electron chi connectivity index (χ0n) is 67.1. The highest BCUT2D eigenvalue weighted by Crippen LogP contribution is 2.45. The number of amides is 5. The molecule has 116 heavy (non-hydrogen) atoms. The number of hydrogen-bond donors (Lipinski definition) is 5. The minimum Gasteiger partial charge on any atom is -0.391 e. The molecule has 5 N–H and O–H groups in total. The highest BCUT2D eigenvalue weighted by atomic mass is 35.5. The van der Waals surface area contributed by atoms with Crippen molar-refractivity contribution in [2.75, 3.05) is 140 Å². The number of aliphatic hydroxyl groups is 1. The second kappa shape index (κ2) is 38.7. The molecule has 31 heteroatoms. The van der Waals surface area contributed by atoms with E-state index in [0.29, 0.717) is 94.6 Å². The van der Waals surface area contributed by atoms with Gasteiger partial charge in [0, 0.05) is 150 Å². The first-order chi connectivity index (χ1) is 55.2. The van der Waals surface area contributed by atoms with Crippen LogP contribution in [0.4, 0.5) is 24.5 Å². The summed E-state index contributed by atoms with van der Waals surface area (Å²) in [6.45, 7) is 25.2. The third-order valence-electron chi connectivity index (χ3n) is 23.5. The number of thioether (sulfide) groups is 1. The summed E-state index contributed by atoms with van der Waals surface area (Å²) in [7, 11) is -11.0. The topological polar surface area (TPSA) is 267 Å². The van der Waals surface area contributed by atoms with Crippen molar-refractivity contribution < 1.29 is 63.8 Å². The summed E-state index contributed by atoms with van der Waals surface area (Å²) in [6, 6.07) is 31.5. The van der Waals surface area contributed by atoms with Gasteiger partial charge in [-0.05, 0) is 178 Å². The number of rotatable bonds is 30. The van der Waals surface area contributed by atoms with E-state index in [9.17, 15) is 59.1 Å². The summed E-state index contributed by atoms with van der Waals surface area (Å²) >= 11 is 9.43. The molecule has 1 aliphatic carbocycles. The maximum absolute atomic E-state index is 14.4. The van der Waals surface area contributed by atoms with Crippen molar-refractivity contribution in [1.82, 2.24) is 49.7 Å². The van der Waals surface area contributed by atoms with Crippen molar-refractivity contribution in [3.63, 3.8) is 0 Å². The number of hydrogen-bond acceptors (Lipinski definition) is 20. The lowest BCUT2D eigenvalue weighted by atomic mass is 9.71. The second-order valence-corrected chi connectivity index (χ2v) is 39.2. The third kappa shape index (κ3) is 22.9. The summed E-state index contributed by atoms with van der Waals surface area (Å²) in [5.74, 6) is -1.33. The van der Waals surface area contributed by atoms with Crippen LogP contribution in [-0.4, -0.2) is 246 Å². The minimum atomic E-state index is -6.11. The Hall–Kier alpha value is -7.49. The summed E-state index contributed by atoms with van der Waals surface area (Å²) in [4.78, 5) is 88.5. The van der Waals surface area contributed by atoms with Gasteiger partial charge in [0.1, 0.15) is 17.0 Å². The van der Waals surface area contributed by atoms with E-state index in [-0.39, 0.29) is 60.5 Å². The number of sulfonamides is 1. The second-order valence-electron chi connectivity index (χ2n) is 33.3.